The largest absolute Gasteiger partial charge is 0.427 e. The molecule has 6 heteroatoms. The highest BCUT2D eigenvalue weighted by Crippen LogP contribution is 2.66. The second-order valence-corrected chi connectivity index (χ2v) is 9.34. The van der Waals surface area contributed by atoms with Crippen molar-refractivity contribution in [1.29, 1.82) is 0 Å². The first-order valence-electron chi connectivity index (χ1n) is 11.2. The minimum absolute atomic E-state index is 0.323. The number of aldehydes is 1. The summed E-state index contributed by atoms with van der Waals surface area (Å²) in [6.07, 6.45) is 0.861. The fourth-order valence-electron chi connectivity index (χ4n) is 6.55. The van der Waals surface area contributed by atoms with Crippen LogP contribution in [-0.4, -0.2) is 24.1 Å². The van der Waals surface area contributed by atoms with E-state index in [0.29, 0.717) is 11.4 Å². The number of anilines is 1. The van der Waals surface area contributed by atoms with E-state index in [4.69, 9.17) is 4.74 Å². The van der Waals surface area contributed by atoms with Crippen LogP contribution in [0.1, 0.15) is 36.1 Å². The second-order valence-electron chi connectivity index (χ2n) is 9.34. The molecule has 3 aliphatic carbocycles. The molecule has 4 aliphatic rings. The molecular formula is C28H21NO5. The van der Waals surface area contributed by atoms with Crippen molar-refractivity contribution in [2.75, 3.05) is 4.90 Å². The van der Waals surface area contributed by atoms with Crippen molar-refractivity contribution in [1.82, 2.24) is 0 Å². The maximum absolute atomic E-state index is 14.0. The van der Waals surface area contributed by atoms with E-state index in [9.17, 15) is 19.2 Å². The summed E-state index contributed by atoms with van der Waals surface area (Å²) < 4.78 is 5.08. The van der Waals surface area contributed by atoms with Gasteiger partial charge in [0.25, 0.3) is 0 Å². The molecule has 1 saturated heterocycles. The number of carbonyl (C=O) groups excluding carboxylic acids is 4. The Bertz CT molecular complexity index is 1360. The molecule has 0 spiro atoms. The molecule has 0 saturated carbocycles. The van der Waals surface area contributed by atoms with Gasteiger partial charge in [-0.3, -0.25) is 14.4 Å². The smallest absolute Gasteiger partial charge is 0.308 e. The van der Waals surface area contributed by atoms with E-state index in [1.165, 1.54) is 11.8 Å². The third-order valence-corrected chi connectivity index (χ3v) is 7.83. The third kappa shape index (κ3) is 2.25. The highest BCUT2D eigenvalue weighted by atomic mass is 16.5. The number of hydrogen-bond acceptors (Lipinski definition) is 5. The van der Waals surface area contributed by atoms with Gasteiger partial charge in [0, 0.05) is 12.3 Å². The number of benzene rings is 3. The topological polar surface area (TPSA) is 80.8 Å². The quantitative estimate of drug-likeness (QED) is 0.263. The molecule has 1 fully saturated rings. The van der Waals surface area contributed by atoms with Crippen LogP contribution in [-0.2, 0) is 30.0 Å². The third-order valence-electron chi connectivity index (χ3n) is 7.83. The Hall–Kier alpha value is -4.06. The van der Waals surface area contributed by atoms with Crippen molar-refractivity contribution in [2.45, 2.75) is 24.7 Å². The van der Waals surface area contributed by atoms with Crippen LogP contribution in [0.25, 0.3) is 0 Å². The van der Waals surface area contributed by atoms with E-state index in [0.717, 1.165) is 28.5 Å². The molecule has 2 bridgehead atoms. The summed E-state index contributed by atoms with van der Waals surface area (Å²) in [4.78, 5) is 53.5. The highest BCUT2D eigenvalue weighted by Gasteiger charge is 2.72. The Morgan fingerprint density at radius 1 is 0.824 bits per heavy atom. The summed E-state index contributed by atoms with van der Waals surface area (Å²) >= 11 is 0. The van der Waals surface area contributed by atoms with Gasteiger partial charge < -0.3 is 9.53 Å². The van der Waals surface area contributed by atoms with Gasteiger partial charge in [0.15, 0.2) is 0 Å². The van der Waals surface area contributed by atoms with Gasteiger partial charge >= 0.3 is 5.97 Å². The fourth-order valence-corrected chi connectivity index (χ4v) is 6.55. The Kier molecular flexibility index (Phi) is 4.07. The Morgan fingerprint density at radius 2 is 1.32 bits per heavy atom. The summed E-state index contributed by atoms with van der Waals surface area (Å²) in [6.45, 7) is 3.31. The second kappa shape index (κ2) is 6.73. The molecule has 3 aromatic carbocycles. The number of amides is 2. The zero-order valence-electron chi connectivity index (χ0n) is 18.6. The van der Waals surface area contributed by atoms with E-state index < -0.39 is 34.5 Å². The van der Waals surface area contributed by atoms with E-state index in [1.807, 2.05) is 55.5 Å². The molecule has 34 heavy (non-hydrogen) atoms. The summed E-state index contributed by atoms with van der Waals surface area (Å²) in [5.41, 5.74) is 1.79. The molecule has 2 atom stereocenters. The zero-order valence-corrected chi connectivity index (χ0v) is 18.6. The number of nitrogens with zero attached hydrogens (tertiary/aromatic N) is 1. The number of imide groups is 1. The first-order chi connectivity index (χ1) is 16.4. The molecule has 2 amide bonds. The van der Waals surface area contributed by atoms with E-state index in [2.05, 4.69) is 0 Å². The van der Waals surface area contributed by atoms with Gasteiger partial charge in [0.05, 0.1) is 22.9 Å². The van der Waals surface area contributed by atoms with Crippen LogP contribution in [0.15, 0.2) is 72.8 Å². The van der Waals surface area contributed by atoms with Crippen molar-refractivity contribution in [3.05, 3.63) is 95.1 Å². The van der Waals surface area contributed by atoms with E-state index >= 15 is 0 Å². The van der Waals surface area contributed by atoms with Crippen molar-refractivity contribution >= 4 is 29.8 Å². The predicted octanol–water partition coefficient (Wildman–Crippen LogP) is 3.54. The van der Waals surface area contributed by atoms with Crippen LogP contribution in [0.2, 0.25) is 0 Å². The lowest BCUT2D eigenvalue weighted by Crippen LogP contribution is -2.61. The summed E-state index contributed by atoms with van der Waals surface area (Å²) in [5.74, 6) is -2.42. The molecule has 1 aliphatic heterocycles. The maximum atomic E-state index is 14.0. The van der Waals surface area contributed by atoms with Crippen molar-refractivity contribution in [2.24, 2.45) is 11.8 Å². The zero-order chi connectivity index (χ0) is 23.8. The van der Waals surface area contributed by atoms with Crippen LogP contribution in [0.5, 0.6) is 5.75 Å². The summed E-state index contributed by atoms with van der Waals surface area (Å²) in [6, 6.07) is 21.6. The van der Waals surface area contributed by atoms with Gasteiger partial charge in [-0.05, 0) is 46.5 Å². The molecule has 168 valence electrons. The van der Waals surface area contributed by atoms with E-state index in [1.54, 1.807) is 24.3 Å². The minimum atomic E-state index is -1.24. The van der Waals surface area contributed by atoms with Crippen molar-refractivity contribution < 1.29 is 23.9 Å². The number of esters is 1. The van der Waals surface area contributed by atoms with Crippen LogP contribution < -0.4 is 9.64 Å². The minimum Gasteiger partial charge on any atom is -0.427 e. The van der Waals surface area contributed by atoms with Gasteiger partial charge in [-0.25, -0.2) is 4.90 Å². The average molecular weight is 451 g/mol. The Labute approximate surface area is 196 Å². The number of rotatable bonds is 3. The molecule has 3 aromatic rings. The van der Waals surface area contributed by atoms with Crippen LogP contribution in [0.3, 0.4) is 0 Å². The molecule has 0 radical (unpaired) electrons. The molecular weight excluding hydrogens is 430 g/mol. The average Bonchev–Trinajstić information content (AvgIpc) is 3.12. The normalized spacial score (nSPS) is 28.2. The fraction of sp³-hybridized carbons (Fsp3) is 0.214. The Balaban J connectivity index is 1.57. The molecule has 7 rings (SSSR count). The summed E-state index contributed by atoms with van der Waals surface area (Å²) in [5, 5.41) is 0. The lowest BCUT2D eigenvalue weighted by atomic mass is 9.42. The van der Waals surface area contributed by atoms with Gasteiger partial charge in [-0.15, -0.1) is 0 Å². The van der Waals surface area contributed by atoms with Gasteiger partial charge in [-0.2, -0.15) is 0 Å². The number of hydrogen-bond donors (Lipinski definition) is 0. The molecule has 0 aromatic heterocycles. The van der Waals surface area contributed by atoms with Gasteiger partial charge in [-0.1, -0.05) is 55.5 Å². The number of ether oxygens (including phenoxy) is 1. The van der Waals surface area contributed by atoms with Crippen LogP contribution in [0, 0.1) is 11.8 Å². The monoisotopic (exact) mass is 451 g/mol. The van der Waals surface area contributed by atoms with Crippen molar-refractivity contribution in [3.8, 4) is 5.75 Å². The van der Waals surface area contributed by atoms with Crippen LogP contribution in [0.4, 0.5) is 5.69 Å². The van der Waals surface area contributed by atoms with Crippen molar-refractivity contribution in [3.63, 3.8) is 0 Å². The summed E-state index contributed by atoms with van der Waals surface area (Å²) in [7, 11) is 0. The molecule has 0 N–H and O–H groups in total. The lowest BCUT2D eigenvalue weighted by Gasteiger charge is -2.56. The predicted molar refractivity (Wildman–Crippen MR) is 123 cm³/mol. The van der Waals surface area contributed by atoms with Gasteiger partial charge in [0.2, 0.25) is 11.8 Å². The molecule has 1 heterocycles. The Morgan fingerprint density at radius 3 is 1.82 bits per heavy atom. The van der Waals surface area contributed by atoms with Crippen LogP contribution >= 0.6 is 0 Å². The number of carbonyl (C=O) groups is 4. The maximum Gasteiger partial charge on any atom is 0.308 e. The highest BCUT2D eigenvalue weighted by molar-refractivity contribution is 6.25. The SMILES string of the molecule is CC(=O)Oc1ccc(N2C(=O)[C@@H]3[C@H](C2=O)C2(C=O)c4ccccc4C3(C)c3ccccc32)cc1. The lowest BCUT2D eigenvalue weighted by molar-refractivity contribution is -0.132. The first-order valence-corrected chi connectivity index (χ1v) is 11.2. The molecule has 0 unspecified atom stereocenters. The standard InChI is InChI=1S/C28H21NO5/c1-16(31)34-18-13-11-17(12-14-18)29-25(32)23-24(26(29)33)28(15-30)21-9-5-3-7-19(21)27(23,2)20-8-4-6-10-22(20)28/h3-15,23-24H,1-2H3/t23-,24+,27?,28?/m0/s1. The van der Waals surface area contributed by atoms with E-state index in [-0.39, 0.29) is 5.91 Å². The molecule has 6 nitrogen and oxygen atoms in total. The first kappa shape index (κ1) is 20.5. The van der Waals surface area contributed by atoms with Gasteiger partial charge in [0.1, 0.15) is 12.0 Å².